The minimum Gasteiger partial charge on any atom is -0.453 e. The lowest BCUT2D eigenvalue weighted by molar-refractivity contribution is -0.139. The summed E-state index contributed by atoms with van der Waals surface area (Å²) in [6.45, 7) is 8.92. The number of aromatic nitrogens is 4. The minimum atomic E-state index is -0.692. The molecule has 0 radical (unpaired) electrons. The molecular weight excluding hydrogens is 797 g/mol. The quantitative estimate of drug-likeness (QED) is 0.116. The van der Waals surface area contributed by atoms with E-state index in [2.05, 4.69) is 57.0 Å². The molecule has 4 heterocycles. The fourth-order valence-electron chi connectivity index (χ4n) is 10.8. The van der Waals surface area contributed by atoms with Gasteiger partial charge in [-0.3, -0.25) is 9.59 Å². The summed E-state index contributed by atoms with van der Waals surface area (Å²) in [5, 5.41) is 5.51. The topological polar surface area (TPSA) is 175 Å². The van der Waals surface area contributed by atoms with E-state index in [1.807, 2.05) is 49.9 Å². The molecule has 3 fully saturated rings. The monoisotopic (exact) mass is 860 g/mol. The fourth-order valence-corrected chi connectivity index (χ4v) is 10.8. The molecule has 14 nitrogen and oxygen atoms in total. The van der Waals surface area contributed by atoms with Gasteiger partial charge in [-0.2, -0.15) is 0 Å². The molecule has 63 heavy (non-hydrogen) atoms. The van der Waals surface area contributed by atoms with E-state index in [9.17, 15) is 19.2 Å². The van der Waals surface area contributed by atoms with Crippen molar-refractivity contribution in [2.45, 2.75) is 129 Å². The number of carbonyl (C=O) groups is 4. The third-order valence-corrected chi connectivity index (χ3v) is 14.2. The zero-order valence-corrected chi connectivity index (χ0v) is 37.7. The van der Waals surface area contributed by atoms with Gasteiger partial charge in [0.1, 0.15) is 23.7 Å². The smallest absolute Gasteiger partial charge is 0.407 e. The van der Waals surface area contributed by atoms with Crippen LogP contribution in [0.5, 0.6) is 0 Å². The highest BCUT2D eigenvalue weighted by atomic mass is 16.5. The predicted octanol–water partition coefficient (Wildman–Crippen LogP) is 8.66. The number of alkyl carbamates (subject to hydrolysis) is 2. The summed E-state index contributed by atoms with van der Waals surface area (Å²) in [7, 11) is 2.62. The van der Waals surface area contributed by atoms with E-state index in [-0.39, 0.29) is 41.1 Å². The Morgan fingerprint density at radius 2 is 1.10 bits per heavy atom. The van der Waals surface area contributed by atoms with Crippen molar-refractivity contribution < 1.29 is 28.7 Å². The van der Waals surface area contributed by atoms with Gasteiger partial charge in [0.2, 0.25) is 11.8 Å². The van der Waals surface area contributed by atoms with Gasteiger partial charge >= 0.3 is 12.2 Å². The van der Waals surface area contributed by atoms with E-state index in [1.54, 1.807) is 0 Å². The zero-order valence-electron chi connectivity index (χ0n) is 37.7. The summed E-state index contributed by atoms with van der Waals surface area (Å²) in [4.78, 5) is 72.8. The van der Waals surface area contributed by atoms with Crippen LogP contribution < -0.4 is 10.6 Å². The number of H-pyrrole nitrogens is 2. The third-order valence-electron chi connectivity index (χ3n) is 14.2. The number of piperidine rings is 2. The number of fused-ring (bicyclic) bond motifs is 1. The summed E-state index contributed by atoms with van der Waals surface area (Å²) in [5.41, 5.74) is 9.54. The minimum absolute atomic E-state index is 0.107. The lowest BCUT2D eigenvalue weighted by atomic mass is 9.82. The Morgan fingerprint density at radius 1 is 0.635 bits per heavy atom. The first-order chi connectivity index (χ1) is 30.4. The lowest BCUT2D eigenvalue weighted by Crippen LogP contribution is -2.53. The number of nitrogens with one attached hydrogen (secondary N) is 4. The first-order valence-corrected chi connectivity index (χ1v) is 23.1. The molecule has 336 valence electrons. The van der Waals surface area contributed by atoms with Crippen LogP contribution in [0.15, 0.2) is 48.8 Å². The number of aromatic amines is 2. The molecule has 4 aliphatic rings. The summed E-state index contributed by atoms with van der Waals surface area (Å²) in [6, 6.07) is 11.4. The van der Waals surface area contributed by atoms with Crippen molar-refractivity contribution in [2.75, 3.05) is 27.3 Å². The van der Waals surface area contributed by atoms with E-state index in [1.165, 1.54) is 67.7 Å². The number of imidazole rings is 2. The Morgan fingerprint density at radius 3 is 1.60 bits per heavy atom. The molecule has 4 amide bonds. The first-order valence-electron chi connectivity index (χ1n) is 23.1. The molecule has 2 aliphatic carbocycles. The Bertz CT molecular complexity index is 2290. The Kier molecular flexibility index (Phi) is 13.0. The molecule has 0 unspecified atom stereocenters. The summed E-state index contributed by atoms with van der Waals surface area (Å²) >= 11 is 0. The number of benzene rings is 2. The number of hydrogen-bond acceptors (Lipinski definition) is 8. The van der Waals surface area contributed by atoms with Crippen molar-refractivity contribution in [3.05, 3.63) is 71.6 Å². The number of likely N-dealkylation sites (tertiary alicyclic amines) is 2. The number of carbonyl (C=O) groups excluding carboxylic acids is 4. The van der Waals surface area contributed by atoms with Crippen LogP contribution in [0.3, 0.4) is 0 Å². The number of methoxy groups -OCH3 is 2. The third kappa shape index (κ3) is 8.95. The van der Waals surface area contributed by atoms with Crippen LogP contribution in [-0.4, -0.2) is 93.1 Å². The largest absolute Gasteiger partial charge is 0.453 e. The highest BCUT2D eigenvalue weighted by molar-refractivity contribution is 5.87. The molecule has 2 saturated heterocycles. The van der Waals surface area contributed by atoms with E-state index in [0.29, 0.717) is 13.1 Å². The van der Waals surface area contributed by atoms with Gasteiger partial charge in [-0.1, -0.05) is 76.9 Å². The van der Waals surface area contributed by atoms with Gasteiger partial charge in [-0.25, -0.2) is 19.6 Å². The first kappa shape index (κ1) is 44.0. The molecule has 2 aromatic carbocycles. The van der Waals surface area contributed by atoms with E-state index >= 15 is 0 Å². The summed E-state index contributed by atoms with van der Waals surface area (Å²) in [6.07, 6.45) is 15.0. The van der Waals surface area contributed by atoms with Crippen LogP contribution in [0.4, 0.5) is 9.59 Å². The molecule has 4 N–H and O–H groups in total. The molecular formula is C49H64N8O6. The van der Waals surface area contributed by atoms with Gasteiger partial charge < -0.3 is 39.9 Å². The van der Waals surface area contributed by atoms with Crippen molar-refractivity contribution in [1.82, 2.24) is 40.4 Å². The van der Waals surface area contributed by atoms with Gasteiger partial charge in [0.25, 0.3) is 0 Å². The maximum absolute atomic E-state index is 14.0. The van der Waals surface area contributed by atoms with Crippen molar-refractivity contribution in [2.24, 2.45) is 17.3 Å². The SMILES string of the molecule is COC(=O)N[C@H](C(=O)N1CCCC[C@H]1c1ncc(-c2ccc(-c3ccc(-c4cnc([C@@H]5CCCCN5C(=O)[C@@H](NC(=O)OC)C(C)C)[nH]4)c4c3CC3(CCCC3)C4)cc2)[nH]1)C(C)C. The molecule has 0 bridgehead atoms. The second-order valence-electron chi connectivity index (χ2n) is 18.9. The fraction of sp³-hybridized carbons (Fsp3) is 0.551. The predicted molar refractivity (Wildman–Crippen MR) is 240 cm³/mol. The van der Waals surface area contributed by atoms with Crippen LogP contribution in [-0.2, 0) is 31.9 Å². The highest BCUT2D eigenvalue weighted by Gasteiger charge is 2.43. The van der Waals surface area contributed by atoms with Crippen LogP contribution in [0.1, 0.15) is 127 Å². The van der Waals surface area contributed by atoms with Crippen molar-refractivity contribution in [1.29, 1.82) is 0 Å². The number of hydrogen-bond donors (Lipinski definition) is 4. The molecule has 14 heteroatoms. The Hall–Kier alpha value is -5.66. The number of ether oxygens (including phenoxy) is 2. The Labute approximate surface area is 370 Å². The van der Waals surface area contributed by atoms with Crippen LogP contribution >= 0.6 is 0 Å². The second-order valence-corrected chi connectivity index (χ2v) is 18.9. The molecule has 1 saturated carbocycles. The van der Waals surface area contributed by atoms with Crippen molar-refractivity contribution in [3.8, 4) is 33.6 Å². The maximum atomic E-state index is 14.0. The molecule has 1 spiro atoms. The number of rotatable bonds is 11. The normalized spacial score (nSPS) is 20.4. The molecule has 4 aromatic rings. The van der Waals surface area contributed by atoms with Crippen LogP contribution in [0.2, 0.25) is 0 Å². The van der Waals surface area contributed by atoms with Crippen molar-refractivity contribution in [3.63, 3.8) is 0 Å². The van der Waals surface area contributed by atoms with Crippen LogP contribution in [0, 0.1) is 17.3 Å². The molecule has 2 aromatic heterocycles. The van der Waals surface area contributed by atoms with E-state index in [0.717, 1.165) is 80.0 Å². The van der Waals surface area contributed by atoms with Gasteiger partial charge in [0.15, 0.2) is 0 Å². The van der Waals surface area contributed by atoms with Gasteiger partial charge in [0, 0.05) is 18.7 Å². The van der Waals surface area contributed by atoms with Crippen molar-refractivity contribution >= 4 is 24.0 Å². The number of amides is 4. The van der Waals surface area contributed by atoms with Gasteiger partial charge in [0.05, 0.1) is 50.1 Å². The lowest BCUT2D eigenvalue weighted by Gasteiger charge is -2.37. The molecule has 4 atom stereocenters. The van der Waals surface area contributed by atoms with Gasteiger partial charge in [-0.05, 0) is 109 Å². The van der Waals surface area contributed by atoms with Gasteiger partial charge in [-0.15, -0.1) is 0 Å². The Balaban J connectivity index is 1.04. The average molecular weight is 861 g/mol. The summed E-state index contributed by atoms with van der Waals surface area (Å²) < 4.78 is 9.67. The standard InChI is InChI=1S/C49H64N8O6/c1-29(2)41(54-47(60)62-5)45(58)56-23-11-7-13-39(56)43-50-27-37(52-43)32-17-15-31(16-18-32)33-19-20-34(36-26-49(25-35(33)36)21-9-10-22-49)38-28-51-44(53-38)40-14-8-12-24-57(40)46(59)42(30(3)4)55-48(61)63-6/h15-20,27-30,39-42H,7-14,21-26H2,1-6H3,(H,50,52)(H,51,53)(H,54,60)(H,55,61)/t39-,40-,41-,42-/m0/s1. The molecule has 8 rings (SSSR count). The number of nitrogens with zero attached hydrogens (tertiary/aromatic N) is 4. The highest BCUT2D eigenvalue weighted by Crippen LogP contribution is 2.53. The average Bonchev–Trinajstić information content (AvgIpc) is 4.14. The zero-order chi connectivity index (χ0) is 44.4. The second kappa shape index (κ2) is 18.6. The van der Waals surface area contributed by atoms with Crippen LogP contribution in [0.25, 0.3) is 33.6 Å². The molecule has 2 aliphatic heterocycles. The van der Waals surface area contributed by atoms with E-state index in [4.69, 9.17) is 19.4 Å². The van der Waals surface area contributed by atoms with E-state index < -0.39 is 24.3 Å². The summed E-state index contributed by atoms with van der Waals surface area (Å²) in [5.74, 6) is 1.08. The maximum Gasteiger partial charge on any atom is 0.407 e.